The van der Waals surface area contributed by atoms with E-state index in [-0.39, 0.29) is 36.4 Å². The largest absolute Gasteiger partial charge is 0.346 e. The zero-order valence-corrected chi connectivity index (χ0v) is 19.6. The number of halogens is 1. The smallest absolute Gasteiger partial charge is 0.231 e. The van der Waals surface area contributed by atoms with Crippen LogP contribution in [0, 0.1) is 5.82 Å². The summed E-state index contributed by atoms with van der Waals surface area (Å²) in [5, 5.41) is 7.38. The summed E-state index contributed by atoms with van der Waals surface area (Å²) in [6.45, 7) is 2.70. The van der Waals surface area contributed by atoms with Gasteiger partial charge >= 0.3 is 0 Å². The van der Waals surface area contributed by atoms with Crippen molar-refractivity contribution in [3.05, 3.63) is 54.5 Å². The highest BCUT2D eigenvalue weighted by atomic mass is 32.1. The van der Waals surface area contributed by atoms with Gasteiger partial charge in [-0.1, -0.05) is 28.6 Å². The van der Waals surface area contributed by atoms with Gasteiger partial charge in [0.25, 0.3) is 0 Å². The third-order valence-electron chi connectivity index (χ3n) is 5.73. The van der Waals surface area contributed by atoms with E-state index in [1.54, 1.807) is 34.6 Å². The number of pyridine rings is 1. The highest BCUT2D eigenvalue weighted by Crippen LogP contribution is 2.28. The second-order valence-corrected chi connectivity index (χ2v) is 9.14. The minimum atomic E-state index is -0.386. The van der Waals surface area contributed by atoms with E-state index in [1.807, 2.05) is 12.1 Å². The molecule has 0 bridgehead atoms. The van der Waals surface area contributed by atoms with Gasteiger partial charge in [-0.3, -0.25) is 14.9 Å². The second kappa shape index (κ2) is 10.2. The lowest BCUT2D eigenvalue weighted by Crippen LogP contribution is -2.35. The van der Waals surface area contributed by atoms with E-state index in [0.29, 0.717) is 30.9 Å². The summed E-state index contributed by atoms with van der Waals surface area (Å²) in [5.74, 6) is -0.648. The maximum Gasteiger partial charge on any atom is 0.231 e. The van der Waals surface area contributed by atoms with Gasteiger partial charge in [0, 0.05) is 56.8 Å². The molecule has 35 heavy (non-hydrogen) atoms. The molecule has 4 heterocycles. The van der Waals surface area contributed by atoms with Crippen molar-refractivity contribution >= 4 is 44.5 Å². The molecule has 1 saturated heterocycles. The Bertz CT molecular complexity index is 1320. The normalized spacial score (nSPS) is 14.2. The number of carbonyl (C=O) groups excluding carboxylic acids is 2. The molecule has 5 rings (SSSR count). The SMILES string of the molecule is O=C(CCC(=O)N1CCCN(c2nc3cccnc3s2)CC1)Nc1cc(-c2cccc(F)c2)no1. The molecule has 0 saturated carbocycles. The van der Waals surface area contributed by atoms with Gasteiger partial charge < -0.3 is 14.3 Å². The second-order valence-electron chi connectivity index (χ2n) is 8.18. The van der Waals surface area contributed by atoms with E-state index in [1.165, 1.54) is 18.2 Å². The lowest BCUT2D eigenvalue weighted by atomic mass is 10.1. The highest BCUT2D eigenvalue weighted by molar-refractivity contribution is 7.21. The lowest BCUT2D eigenvalue weighted by Gasteiger charge is -2.21. The van der Waals surface area contributed by atoms with Gasteiger partial charge in [0.2, 0.25) is 17.7 Å². The van der Waals surface area contributed by atoms with Gasteiger partial charge in [0.1, 0.15) is 21.9 Å². The van der Waals surface area contributed by atoms with Gasteiger partial charge in [-0.15, -0.1) is 0 Å². The molecule has 1 aromatic carbocycles. The quantitative estimate of drug-likeness (QED) is 0.433. The average molecular weight is 495 g/mol. The Kier molecular flexibility index (Phi) is 6.66. The number of hydrogen-bond acceptors (Lipinski definition) is 8. The summed E-state index contributed by atoms with van der Waals surface area (Å²) in [4.78, 5) is 39.0. The average Bonchev–Trinajstić information content (AvgIpc) is 3.43. The number of fused-ring (bicyclic) bond motifs is 1. The van der Waals surface area contributed by atoms with E-state index < -0.39 is 0 Å². The summed E-state index contributed by atoms with van der Waals surface area (Å²) < 4.78 is 18.5. The molecule has 1 N–H and O–H groups in total. The van der Waals surface area contributed by atoms with E-state index in [2.05, 4.69) is 25.3 Å². The Balaban J connectivity index is 1.11. The Morgan fingerprint density at radius 1 is 1.09 bits per heavy atom. The van der Waals surface area contributed by atoms with Crippen molar-refractivity contribution in [3.8, 4) is 11.3 Å². The molecule has 11 heteroatoms. The number of nitrogens with zero attached hydrogens (tertiary/aromatic N) is 5. The van der Waals surface area contributed by atoms with Gasteiger partial charge in [0.15, 0.2) is 5.13 Å². The molecule has 0 radical (unpaired) electrons. The first-order valence-electron chi connectivity index (χ1n) is 11.3. The molecule has 3 aromatic heterocycles. The monoisotopic (exact) mass is 494 g/mol. The van der Waals surface area contributed by atoms with Crippen LogP contribution in [0.25, 0.3) is 21.6 Å². The van der Waals surface area contributed by atoms with Crippen LogP contribution in [0.3, 0.4) is 0 Å². The maximum absolute atomic E-state index is 13.4. The molecular formula is C24H23FN6O3S. The highest BCUT2D eigenvalue weighted by Gasteiger charge is 2.22. The fraction of sp³-hybridized carbons (Fsp3) is 0.292. The standard InChI is InChI=1S/C24H23FN6O3S/c25-17-5-1-4-16(14-17)19-15-21(34-29-19)28-20(32)7-8-22(33)30-10-3-11-31(13-12-30)24-27-18-6-2-9-26-23(18)35-24/h1-2,4-6,9,14-15H,3,7-8,10-13H2,(H,28,32). The minimum Gasteiger partial charge on any atom is -0.346 e. The zero-order chi connectivity index (χ0) is 24.2. The number of aromatic nitrogens is 3. The Hall–Kier alpha value is -3.86. The predicted molar refractivity (Wildman–Crippen MR) is 131 cm³/mol. The van der Waals surface area contributed by atoms with Crippen molar-refractivity contribution in [1.82, 2.24) is 20.0 Å². The van der Waals surface area contributed by atoms with Crippen molar-refractivity contribution in [3.63, 3.8) is 0 Å². The molecule has 0 atom stereocenters. The van der Waals surface area contributed by atoms with Crippen LogP contribution < -0.4 is 10.2 Å². The van der Waals surface area contributed by atoms with Gasteiger partial charge in [-0.05, 0) is 30.7 Å². The van der Waals surface area contributed by atoms with Crippen molar-refractivity contribution < 1.29 is 18.5 Å². The van der Waals surface area contributed by atoms with Crippen molar-refractivity contribution in [2.45, 2.75) is 19.3 Å². The number of nitrogens with one attached hydrogen (secondary N) is 1. The van der Waals surface area contributed by atoms with E-state index >= 15 is 0 Å². The number of hydrogen-bond donors (Lipinski definition) is 1. The Morgan fingerprint density at radius 3 is 2.86 bits per heavy atom. The molecule has 9 nitrogen and oxygen atoms in total. The molecule has 0 unspecified atom stereocenters. The number of thiazole rings is 1. The Labute approximate surface area is 204 Å². The van der Waals surface area contributed by atoms with Gasteiger partial charge in [-0.25, -0.2) is 14.4 Å². The summed E-state index contributed by atoms with van der Waals surface area (Å²) in [5.41, 5.74) is 1.83. The number of benzene rings is 1. The number of amides is 2. The summed E-state index contributed by atoms with van der Waals surface area (Å²) >= 11 is 1.55. The van der Waals surface area contributed by atoms with Crippen LogP contribution in [-0.4, -0.2) is 58.0 Å². The minimum absolute atomic E-state index is 0.0264. The number of carbonyl (C=O) groups is 2. The number of rotatable bonds is 6. The molecular weight excluding hydrogens is 471 g/mol. The predicted octanol–water partition coefficient (Wildman–Crippen LogP) is 3.94. The number of anilines is 2. The lowest BCUT2D eigenvalue weighted by molar-refractivity contribution is -0.132. The molecule has 4 aromatic rings. The van der Waals surface area contributed by atoms with Gasteiger partial charge in [0.05, 0.1) is 0 Å². The summed E-state index contributed by atoms with van der Waals surface area (Å²) in [6.07, 6.45) is 2.71. The topological polar surface area (TPSA) is 104 Å². The van der Waals surface area contributed by atoms with Crippen LogP contribution >= 0.6 is 11.3 Å². The van der Waals surface area contributed by atoms with Crippen LogP contribution in [0.5, 0.6) is 0 Å². The fourth-order valence-corrected chi connectivity index (χ4v) is 4.91. The van der Waals surface area contributed by atoms with Crippen LogP contribution in [0.2, 0.25) is 0 Å². The van der Waals surface area contributed by atoms with E-state index in [0.717, 1.165) is 28.4 Å². The van der Waals surface area contributed by atoms with Gasteiger partial charge in [-0.2, -0.15) is 0 Å². The Morgan fingerprint density at radius 2 is 2.00 bits per heavy atom. The molecule has 0 spiro atoms. The third-order valence-corrected chi connectivity index (χ3v) is 6.77. The van der Waals surface area contributed by atoms with Crippen molar-refractivity contribution in [2.24, 2.45) is 0 Å². The van der Waals surface area contributed by atoms with Crippen molar-refractivity contribution in [2.75, 3.05) is 36.4 Å². The molecule has 1 aliphatic heterocycles. The third kappa shape index (κ3) is 5.46. The molecule has 0 aliphatic carbocycles. The fourth-order valence-electron chi connectivity index (χ4n) is 3.95. The van der Waals surface area contributed by atoms with Crippen LogP contribution in [0.1, 0.15) is 19.3 Å². The molecule has 1 fully saturated rings. The molecule has 180 valence electrons. The molecule has 2 amide bonds. The van der Waals surface area contributed by atoms with Crippen molar-refractivity contribution in [1.29, 1.82) is 0 Å². The summed E-state index contributed by atoms with van der Waals surface area (Å²) in [6, 6.07) is 11.3. The zero-order valence-electron chi connectivity index (χ0n) is 18.8. The van der Waals surface area contributed by atoms with Crippen LogP contribution in [-0.2, 0) is 9.59 Å². The van der Waals surface area contributed by atoms with Crippen LogP contribution in [0.4, 0.5) is 15.4 Å². The van der Waals surface area contributed by atoms with E-state index in [4.69, 9.17) is 4.52 Å². The molecule has 1 aliphatic rings. The van der Waals surface area contributed by atoms with E-state index in [9.17, 15) is 14.0 Å². The first-order valence-corrected chi connectivity index (χ1v) is 12.1. The van der Waals surface area contributed by atoms with Crippen LogP contribution in [0.15, 0.2) is 53.2 Å². The summed E-state index contributed by atoms with van der Waals surface area (Å²) in [7, 11) is 0. The first kappa shape index (κ1) is 22.9. The maximum atomic E-state index is 13.4. The first-order chi connectivity index (χ1) is 17.0.